The Kier molecular flexibility index (Phi) is 27.8. The molecule has 0 aromatic carbocycles. The van der Waals surface area contributed by atoms with Gasteiger partial charge >= 0.3 is 5.97 Å². The quantitative estimate of drug-likeness (QED) is 0.194. The van der Waals surface area contributed by atoms with E-state index in [-0.39, 0.29) is 25.7 Å². The van der Waals surface area contributed by atoms with E-state index in [0.29, 0.717) is 19.5 Å². The van der Waals surface area contributed by atoms with Crippen LogP contribution in [0.25, 0.3) is 0 Å². The summed E-state index contributed by atoms with van der Waals surface area (Å²) in [6.07, 6.45) is 17.1. The third-order valence-electron chi connectivity index (χ3n) is 4.52. The second kappa shape index (κ2) is 26.8. The van der Waals surface area contributed by atoms with Crippen LogP contribution in [0, 0.1) is 0 Å². The Morgan fingerprint density at radius 2 is 1.10 bits per heavy atom. The number of carbonyl (C=O) groups excluding carboxylic acids is 1. The number of aliphatic hydroxyl groups is 2. The number of hydrogen-bond acceptors (Lipinski definition) is 5. The van der Waals surface area contributed by atoms with Gasteiger partial charge in [-0.3, -0.25) is 9.59 Å². The SMILES string of the molecule is CCCCCCCCCCCCCCCC(=O)NCC(=O)O.OCCNCCO. The van der Waals surface area contributed by atoms with Crippen molar-refractivity contribution in [2.24, 2.45) is 0 Å². The average molecular weight is 419 g/mol. The molecule has 0 saturated heterocycles. The zero-order valence-electron chi connectivity index (χ0n) is 18.6. The van der Waals surface area contributed by atoms with Crippen LogP contribution in [0.3, 0.4) is 0 Å². The number of aliphatic hydroxyl groups excluding tert-OH is 2. The minimum Gasteiger partial charge on any atom is -0.480 e. The van der Waals surface area contributed by atoms with Gasteiger partial charge in [-0.05, 0) is 6.42 Å². The molecule has 0 saturated carbocycles. The van der Waals surface area contributed by atoms with Crippen LogP contribution in [0.2, 0.25) is 0 Å². The van der Waals surface area contributed by atoms with Crippen LogP contribution in [-0.4, -0.2) is 60.0 Å². The van der Waals surface area contributed by atoms with Crippen molar-refractivity contribution in [3.63, 3.8) is 0 Å². The van der Waals surface area contributed by atoms with E-state index >= 15 is 0 Å². The maximum atomic E-state index is 11.3. The predicted molar refractivity (Wildman–Crippen MR) is 118 cm³/mol. The van der Waals surface area contributed by atoms with Gasteiger partial charge in [0.2, 0.25) is 5.91 Å². The number of hydrogen-bond donors (Lipinski definition) is 5. The van der Waals surface area contributed by atoms with Crippen LogP contribution in [0.5, 0.6) is 0 Å². The third-order valence-corrected chi connectivity index (χ3v) is 4.52. The molecule has 0 rings (SSSR count). The summed E-state index contributed by atoms with van der Waals surface area (Å²) in [5.41, 5.74) is 0. The number of unbranched alkanes of at least 4 members (excludes halogenated alkanes) is 12. The highest BCUT2D eigenvalue weighted by atomic mass is 16.4. The molecule has 0 aromatic rings. The zero-order valence-corrected chi connectivity index (χ0v) is 18.6. The van der Waals surface area contributed by atoms with Gasteiger partial charge in [0.25, 0.3) is 0 Å². The van der Waals surface area contributed by atoms with E-state index in [1.807, 2.05) is 0 Å². The van der Waals surface area contributed by atoms with Crippen molar-refractivity contribution in [3.05, 3.63) is 0 Å². The van der Waals surface area contributed by atoms with Crippen LogP contribution in [0.15, 0.2) is 0 Å². The van der Waals surface area contributed by atoms with Crippen molar-refractivity contribution in [1.82, 2.24) is 10.6 Å². The molecule has 7 nitrogen and oxygen atoms in total. The van der Waals surface area contributed by atoms with Crippen molar-refractivity contribution in [2.75, 3.05) is 32.8 Å². The van der Waals surface area contributed by atoms with Crippen LogP contribution in [0.4, 0.5) is 0 Å². The summed E-state index contributed by atoms with van der Waals surface area (Å²) in [7, 11) is 0. The average Bonchev–Trinajstić information content (AvgIpc) is 2.71. The van der Waals surface area contributed by atoms with Gasteiger partial charge in [-0.25, -0.2) is 0 Å². The molecule has 0 fully saturated rings. The molecule has 0 spiro atoms. The van der Waals surface area contributed by atoms with Gasteiger partial charge in [-0.1, -0.05) is 84.0 Å². The van der Waals surface area contributed by atoms with Crippen LogP contribution in [0.1, 0.15) is 96.8 Å². The fraction of sp³-hybridized carbons (Fsp3) is 0.909. The lowest BCUT2D eigenvalue weighted by atomic mass is 10.0. The van der Waals surface area contributed by atoms with Crippen LogP contribution >= 0.6 is 0 Å². The van der Waals surface area contributed by atoms with E-state index in [0.717, 1.165) is 12.8 Å². The molecule has 0 bridgehead atoms. The fourth-order valence-corrected chi connectivity index (χ4v) is 2.85. The summed E-state index contributed by atoms with van der Waals surface area (Å²) < 4.78 is 0. The van der Waals surface area contributed by atoms with Crippen molar-refractivity contribution < 1.29 is 24.9 Å². The van der Waals surface area contributed by atoms with Crippen molar-refractivity contribution >= 4 is 11.9 Å². The van der Waals surface area contributed by atoms with Gasteiger partial charge in [0.1, 0.15) is 6.54 Å². The van der Waals surface area contributed by atoms with Gasteiger partial charge in [0.05, 0.1) is 13.2 Å². The highest BCUT2D eigenvalue weighted by Crippen LogP contribution is 2.12. The molecule has 174 valence electrons. The first kappa shape index (κ1) is 30.0. The first-order chi connectivity index (χ1) is 14.1. The number of carboxylic acids is 1. The molecule has 0 aliphatic heterocycles. The topological polar surface area (TPSA) is 119 Å². The van der Waals surface area contributed by atoms with E-state index in [1.165, 1.54) is 70.6 Å². The summed E-state index contributed by atoms with van der Waals surface area (Å²) in [4.78, 5) is 21.6. The van der Waals surface area contributed by atoms with E-state index in [9.17, 15) is 9.59 Å². The molecule has 0 aliphatic rings. The third kappa shape index (κ3) is 31.7. The summed E-state index contributed by atoms with van der Waals surface area (Å²) in [6, 6.07) is 0. The molecule has 0 atom stereocenters. The molecule has 0 heterocycles. The normalized spacial score (nSPS) is 10.3. The Bertz CT molecular complexity index is 350. The lowest BCUT2D eigenvalue weighted by Gasteiger charge is -2.04. The van der Waals surface area contributed by atoms with E-state index in [2.05, 4.69) is 17.6 Å². The van der Waals surface area contributed by atoms with Gasteiger partial charge in [-0.2, -0.15) is 0 Å². The smallest absolute Gasteiger partial charge is 0.322 e. The maximum absolute atomic E-state index is 11.3. The highest BCUT2D eigenvalue weighted by Gasteiger charge is 2.03. The van der Waals surface area contributed by atoms with Gasteiger partial charge in [0, 0.05) is 19.5 Å². The summed E-state index contributed by atoms with van der Waals surface area (Å²) in [6.45, 7) is 3.40. The lowest BCUT2D eigenvalue weighted by Crippen LogP contribution is -2.28. The lowest BCUT2D eigenvalue weighted by molar-refractivity contribution is -0.137. The first-order valence-electron chi connectivity index (χ1n) is 11.5. The molecule has 1 amide bonds. The minimum atomic E-state index is -0.987. The Hall–Kier alpha value is -1.18. The second-order valence-corrected chi connectivity index (χ2v) is 7.36. The van der Waals surface area contributed by atoms with E-state index < -0.39 is 5.97 Å². The summed E-state index contributed by atoms with van der Waals surface area (Å²) in [5.74, 6) is -1.14. The largest absolute Gasteiger partial charge is 0.480 e. The number of carbonyl (C=O) groups is 2. The molecule has 29 heavy (non-hydrogen) atoms. The molecular weight excluding hydrogens is 372 g/mol. The second-order valence-electron chi connectivity index (χ2n) is 7.36. The monoisotopic (exact) mass is 418 g/mol. The number of rotatable bonds is 20. The number of nitrogens with one attached hydrogen (secondary N) is 2. The van der Waals surface area contributed by atoms with E-state index in [4.69, 9.17) is 15.3 Å². The van der Waals surface area contributed by atoms with Crippen molar-refractivity contribution in [3.8, 4) is 0 Å². The minimum absolute atomic E-state index is 0.139. The Morgan fingerprint density at radius 3 is 1.48 bits per heavy atom. The Morgan fingerprint density at radius 1 is 0.690 bits per heavy atom. The first-order valence-corrected chi connectivity index (χ1v) is 11.5. The maximum Gasteiger partial charge on any atom is 0.322 e. The standard InChI is InChI=1S/C18H35NO3.C4H11NO2/c1-2-3-4-5-6-7-8-9-10-11-12-13-14-15-17(20)19-16-18(21)22;6-3-1-5-2-4-7/h2-16H2,1H3,(H,19,20)(H,21,22);5-7H,1-4H2. The number of carboxylic acid groups (broad SMARTS) is 1. The van der Waals surface area contributed by atoms with Crippen LogP contribution in [-0.2, 0) is 9.59 Å². The molecule has 5 N–H and O–H groups in total. The molecule has 0 radical (unpaired) electrons. The number of aliphatic carboxylic acids is 1. The highest BCUT2D eigenvalue weighted by molar-refractivity contribution is 5.80. The number of amides is 1. The van der Waals surface area contributed by atoms with E-state index in [1.54, 1.807) is 0 Å². The summed E-state index contributed by atoms with van der Waals surface area (Å²) >= 11 is 0. The van der Waals surface area contributed by atoms with Gasteiger partial charge in [-0.15, -0.1) is 0 Å². The van der Waals surface area contributed by atoms with Crippen molar-refractivity contribution in [1.29, 1.82) is 0 Å². The predicted octanol–water partition coefficient (Wildman–Crippen LogP) is 3.23. The molecule has 7 heteroatoms. The van der Waals surface area contributed by atoms with Crippen molar-refractivity contribution in [2.45, 2.75) is 96.8 Å². The zero-order chi connectivity index (χ0) is 22.0. The van der Waals surface area contributed by atoms with Crippen LogP contribution < -0.4 is 10.6 Å². The molecular formula is C22H46N2O5. The Balaban J connectivity index is 0. The fourth-order valence-electron chi connectivity index (χ4n) is 2.85. The Labute approximate surface area is 177 Å². The summed E-state index contributed by atoms with van der Waals surface area (Å²) in [5, 5.41) is 29.9. The van der Waals surface area contributed by atoms with Gasteiger partial charge < -0.3 is 26.0 Å². The molecule has 0 aromatic heterocycles. The molecule has 0 unspecified atom stereocenters. The molecule has 0 aliphatic carbocycles. The van der Waals surface area contributed by atoms with Gasteiger partial charge in [0.15, 0.2) is 0 Å².